The second kappa shape index (κ2) is 6.63. The number of nitrogens with zero attached hydrogens (tertiary/aromatic N) is 1. The second-order valence-corrected chi connectivity index (χ2v) is 6.75. The number of aromatic nitrogens is 2. The third kappa shape index (κ3) is 3.85. The van der Waals surface area contributed by atoms with Gasteiger partial charge < -0.3 is 4.74 Å². The highest BCUT2D eigenvalue weighted by molar-refractivity contribution is 7.87. The normalized spacial score (nSPS) is 11.6. The first-order chi connectivity index (χ1) is 11.9. The average Bonchev–Trinajstić information content (AvgIpc) is 2.60. The van der Waals surface area contributed by atoms with Gasteiger partial charge in [0.2, 0.25) is 0 Å². The van der Waals surface area contributed by atoms with Crippen LogP contribution in [0, 0.1) is 0 Å². The van der Waals surface area contributed by atoms with Crippen molar-refractivity contribution in [3.8, 4) is 17.0 Å². The van der Waals surface area contributed by atoms with Gasteiger partial charge in [-0.05, 0) is 23.8 Å². The van der Waals surface area contributed by atoms with Gasteiger partial charge in [0.1, 0.15) is 5.75 Å². The molecule has 130 valence electrons. The summed E-state index contributed by atoms with van der Waals surface area (Å²) in [5.74, 6) is 0.620. The van der Waals surface area contributed by atoms with Gasteiger partial charge in [-0.25, -0.2) is 10.2 Å². The van der Waals surface area contributed by atoms with Crippen LogP contribution in [0.25, 0.3) is 22.0 Å². The van der Waals surface area contributed by atoms with Gasteiger partial charge in [-0.3, -0.25) is 4.79 Å². The van der Waals surface area contributed by atoms with Crippen LogP contribution >= 0.6 is 0 Å². The number of nitrogens with two attached hydrogens (primary N) is 1. The van der Waals surface area contributed by atoms with Crippen molar-refractivity contribution in [3.05, 3.63) is 58.4 Å². The summed E-state index contributed by atoms with van der Waals surface area (Å²) in [6.07, 6.45) is 0. The standard InChI is InChI=1S/C16H16N4O4S/c1-24-12-6-7-13-14(8-12)15(19-20-16(13)21)11-4-2-10(3-5-11)9-18-25(17,22)23/h2-8,18H,9H2,1H3,(H,20,21)(H2,17,22,23). The molecule has 0 fully saturated rings. The van der Waals surface area contributed by atoms with Gasteiger partial charge in [0.15, 0.2) is 0 Å². The molecule has 3 aromatic rings. The maximum Gasteiger partial charge on any atom is 0.274 e. The van der Waals surface area contributed by atoms with Crippen molar-refractivity contribution in [3.63, 3.8) is 0 Å². The number of methoxy groups -OCH3 is 1. The van der Waals surface area contributed by atoms with E-state index >= 15 is 0 Å². The number of rotatable bonds is 5. The molecule has 0 saturated carbocycles. The molecule has 8 nitrogen and oxygen atoms in total. The third-order valence-electron chi connectivity index (χ3n) is 3.70. The van der Waals surface area contributed by atoms with Gasteiger partial charge in [-0.2, -0.15) is 18.2 Å². The molecule has 0 radical (unpaired) electrons. The van der Waals surface area contributed by atoms with E-state index in [0.717, 1.165) is 11.1 Å². The van der Waals surface area contributed by atoms with Crippen molar-refractivity contribution in [1.82, 2.24) is 14.9 Å². The van der Waals surface area contributed by atoms with E-state index in [1.165, 1.54) is 0 Å². The number of hydrogen-bond acceptors (Lipinski definition) is 5. The molecule has 9 heteroatoms. The van der Waals surface area contributed by atoms with Crippen molar-refractivity contribution >= 4 is 21.0 Å². The smallest absolute Gasteiger partial charge is 0.274 e. The molecule has 0 bridgehead atoms. The Morgan fingerprint density at radius 2 is 1.88 bits per heavy atom. The molecule has 0 aliphatic rings. The van der Waals surface area contributed by atoms with E-state index in [1.54, 1.807) is 49.6 Å². The summed E-state index contributed by atoms with van der Waals surface area (Å²) in [6, 6.07) is 12.2. The van der Waals surface area contributed by atoms with E-state index in [1.807, 2.05) is 0 Å². The molecule has 1 heterocycles. The van der Waals surface area contributed by atoms with Gasteiger partial charge in [0.25, 0.3) is 15.8 Å². The van der Waals surface area contributed by atoms with Gasteiger partial charge >= 0.3 is 0 Å². The van der Waals surface area contributed by atoms with E-state index in [2.05, 4.69) is 14.9 Å². The molecule has 3 rings (SSSR count). The predicted molar refractivity (Wildman–Crippen MR) is 94.3 cm³/mol. The zero-order valence-corrected chi connectivity index (χ0v) is 14.1. The summed E-state index contributed by atoms with van der Waals surface area (Å²) in [4.78, 5) is 12.0. The molecule has 0 saturated heterocycles. The Morgan fingerprint density at radius 3 is 2.52 bits per heavy atom. The van der Waals surface area contributed by atoms with Crippen molar-refractivity contribution in [2.45, 2.75) is 6.54 Å². The molecule has 0 amide bonds. The first kappa shape index (κ1) is 17.1. The molecule has 1 aromatic heterocycles. The molecule has 0 aliphatic heterocycles. The van der Waals surface area contributed by atoms with E-state index in [4.69, 9.17) is 9.88 Å². The number of fused-ring (bicyclic) bond motifs is 1. The Labute approximate surface area is 143 Å². The molecule has 0 atom stereocenters. The Balaban J connectivity index is 2.01. The molecule has 0 spiro atoms. The van der Waals surface area contributed by atoms with Crippen molar-refractivity contribution in [2.24, 2.45) is 5.14 Å². The largest absolute Gasteiger partial charge is 0.497 e. The lowest BCUT2D eigenvalue weighted by Gasteiger charge is -2.08. The molecule has 25 heavy (non-hydrogen) atoms. The summed E-state index contributed by atoms with van der Waals surface area (Å²) in [6.45, 7) is 0.0900. The lowest BCUT2D eigenvalue weighted by molar-refractivity contribution is 0.415. The van der Waals surface area contributed by atoms with Crippen molar-refractivity contribution in [2.75, 3.05) is 7.11 Å². The molecule has 4 N–H and O–H groups in total. The van der Waals surface area contributed by atoms with Crippen LogP contribution in [0.2, 0.25) is 0 Å². The van der Waals surface area contributed by atoms with E-state index in [-0.39, 0.29) is 12.1 Å². The van der Waals surface area contributed by atoms with Crippen molar-refractivity contribution < 1.29 is 13.2 Å². The van der Waals surface area contributed by atoms with Crippen LogP contribution in [0.5, 0.6) is 5.75 Å². The molecular weight excluding hydrogens is 344 g/mol. The van der Waals surface area contributed by atoms with Gasteiger partial charge in [-0.1, -0.05) is 24.3 Å². The summed E-state index contributed by atoms with van der Waals surface area (Å²) < 4.78 is 29.3. The lowest BCUT2D eigenvalue weighted by atomic mass is 10.0. The van der Waals surface area contributed by atoms with Gasteiger partial charge in [-0.15, -0.1) is 0 Å². The molecule has 2 aromatic carbocycles. The number of benzene rings is 2. The first-order valence-corrected chi connectivity index (χ1v) is 8.85. The van der Waals surface area contributed by atoms with Crippen LogP contribution in [-0.4, -0.2) is 25.7 Å². The summed E-state index contributed by atoms with van der Waals surface area (Å²) in [5.41, 5.74) is 1.83. The topological polar surface area (TPSA) is 127 Å². The van der Waals surface area contributed by atoms with E-state index in [0.29, 0.717) is 22.2 Å². The monoisotopic (exact) mass is 360 g/mol. The maximum absolute atomic E-state index is 12.0. The second-order valence-electron chi connectivity index (χ2n) is 5.38. The molecule has 0 aliphatic carbocycles. The number of hydrogen-bond donors (Lipinski definition) is 3. The fourth-order valence-corrected chi connectivity index (χ4v) is 2.82. The Hall–Kier alpha value is -2.75. The van der Waals surface area contributed by atoms with E-state index in [9.17, 15) is 13.2 Å². The zero-order chi connectivity index (χ0) is 18.0. The number of H-pyrrole nitrogens is 1. The minimum Gasteiger partial charge on any atom is -0.497 e. The van der Waals surface area contributed by atoms with Gasteiger partial charge in [0, 0.05) is 17.5 Å². The minimum atomic E-state index is -3.74. The van der Waals surface area contributed by atoms with Gasteiger partial charge in [0.05, 0.1) is 18.2 Å². The highest BCUT2D eigenvalue weighted by Gasteiger charge is 2.10. The van der Waals surface area contributed by atoms with Crippen LogP contribution in [0.1, 0.15) is 5.56 Å². The zero-order valence-electron chi connectivity index (χ0n) is 13.3. The third-order valence-corrected chi connectivity index (χ3v) is 4.25. The highest BCUT2D eigenvalue weighted by Crippen LogP contribution is 2.27. The highest BCUT2D eigenvalue weighted by atomic mass is 32.2. The average molecular weight is 360 g/mol. The Morgan fingerprint density at radius 1 is 1.16 bits per heavy atom. The van der Waals surface area contributed by atoms with Crippen LogP contribution in [-0.2, 0) is 16.8 Å². The first-order valence-electron chi connectivity index (χ1n) is 7.30. The molecule has 0 unspecified atom stereocenters. The maximum atomic E-state index is 12.0. The number of ether oxygens (including phenoxy) is 1. The fourth-order valence-electron chi connectivity index (χ4n) is 2.46. The quantitative estimate of drug-likeness (QED) is 0.623. The summed E-state index contributed by atoms with van der Waals surface area (Å²) in [5, 5.41) is 12.7. The number of aromatic amines is 1. The van der Waals surface area contributed by atoms with E-state index < -0.39 is 10.2 Å². The van der Waals surface area contributed by atoms with Crippen LogP contribution < -0.4 is 20.2 Å². The van der Waals surface area contributed by atoms with Crippen LogP contribution in [0.3, 0.4) is 0 Å². The van der Waals surface area contributed by atoms with Crippen LogP contribution in [0.15, 0.2) is 47.3 Å². The SMILES string of the molecule is COc1ccc2c(=O)[nH]nc(-c3ccc(CNS(N)(=O)=O)cc3)c2c1. The molecular formula is C16H16N4O4S. The Kier molecular flexibility index (Phi) is 4.53. The predicted octanol–water partition coefficient (Wildman–Crippen LogP) is 0.892. The Bertz CT molecular complexity index is 1080. The number of nitrogens with one attached hydrogen (secondary N) is 2. The fraction of sp³-hybridized carbons (Fsp3) is 0.125. The summed E-state index contributed by atoms with van der Waals surface area (Å²) >= 11 is 0. The van der Waals surface area contributed by atoms with Crippen molar-refractivity contribution in [1.29, 1.82) is 0 Å². The van der Waals surface area contributed by atoms with Crippen LogP contribution in [0.4, 0.5) is 0 Å². The minimum absolute atomic E-state index is 0.0900. The lowest BCUT2D eigenvalue weighted by Crippen LogP contribution is -2.30. The summed E-state index contributed by atoms with van der Waals surface area (Å²) in [7, 11) is -2.19.